The van der Waals surface area contributed by atoms with Crippen LogP contribution in [0.15, 0.2) is 0 Å². The lowest BCUT2D eigenvalue weighted by Gasteiger charge is -2.02. The van der Waals surface area contributed by atoms with Crippen LogP contribution in [0.5, 0.6) is 0 Å². The molecule has 5 nitrogen and oxygen atoms in total. The van der Waals surface area contributed by atoms with Crippen LogP contribution in [-0.2, 0) is 17.6 Å². The first kappa shape index (κ1) is 9.85. The maximum atomic E-state index is 5.50. The van der Waals surface area contributed by atoms with Gasteiger partial charge in [0.25, 0.3) is 0 Å². The molecule has 1 aromatic rings. The Hall–Kier alpha value is -1.23. The third kappa shape index (κ3) is 2.95. The predicted octanol–water partition coefficient (Wildman–Crippen LogP) is 0.205. The first-order valence-corrected chi connectivity index (χ1v) is 4.24. The zero-order valence-corrected chi connectivity index (χ0v) is 7.95. The fourth-order valence-electron chi connectivity index (χ4n) is 0.952. The maximum Gasteiger partial charge on any atom is 0.223 e. The molecule has 0 bridgehead atoms. The normalized spacial score (nSPS) is 10.3. The Morgan fingerprint density at radius 1 is 1.23 bits per heavy atom. The summed E-state index contributed by atoms with van der Waals surface area (Å²) in [6.45, 7) is 2.58. The molecule has 0 aliphatic rings. The van der Waals surface area contributed by atoms with Crippen molar-refractivity contribution < 1.29 is 4.74 Å². The molecule has 13 heavy (non-hydrogen) atoms. The Kier molecular flexibility index (Phi) is 3.57. The average molecular weight is 182 g/mol. The number of nitrogen functional groups attached to an aromatic ring is 1. The lowest BCUT2D eigenvalue weighted by atomic mass is 10.4. The van der Waals surface area contributed by atoms with Gasteiger partial charge in [0, 0.05) is 20.0 Å². The van der Waals surface area contributed by atoms with Gasteiger partial charge in [-0.25, -0.2) is 4.98 Å². The summed E-state index contributed by atoms with van der Waals surface area (Å²) in [6, 6.07) is 0. The first-order valence-electron chi connectivity index (χ1n) is 4.24. The number of nitrogens with zero attached hydrogens (tertiary/aromatic N) is 3. The second kappa shape index (κ2) is 4.71. The van der Waals surface area contributed by atoms with E-state index in [2.05, 4.69) is 15.0 Å². The van der Waals surface area contributed by atoms with Crippen LogP contribution in [0, 0.1) is 0 Å². The molecule has 72 valence electrons. The lowest BCUT2D eigenvalue weighted by molar-refractivity contribution is 0.200. The van der Waals surface area contributed by atoms with Gasteiger partial charge in [-0.15, -0.1) is 0 Å². The number of ether oxygens (including phenoxy) is 1. The number of aromatic nitrogens is 3. The zero-order chi connectivity index (χ0) is 9.68. The minimum atomic E-state index is 0.290. The highest BCUT2D eigenvalue weighted by atomic mass is 16.5. The van der Waals surface area contributed by atoms with E-state index in [0.29, 0.717) is 18.9 Å². The highest BCUT2D eigenvalue weighted by Gasteiger charge is 2.01. The van der Waals surface area contributed by atoms with Crippen LogP contribution in [0.25, 0.3) is 0 Å². The van der Waals surface area contributed by atoms with E-state index >= 15 is 0 Å². The average Bonchev–Trinajstić information content (AvgIpc) is 2.14. The molecule has 0 fully saturated rings. The molecule has 1 heterocycles. The quantitative estimate of drug-likeness (QED) is 0.720. The first-order chi connectivity index (χ1) is 6.26. The molecule has 2 N–H and O–H groups in total. The maximum absolute atomic E-state index is 5.50. The van der Waals surface area contributed by atoms with Crippen LogP contribution in [0.1, 0.15) is 18.6 Å². The van der Waals surface area contributed by atoms with E-state index in [9.17, 15) is 0 Å². The summed E-state index contributed by atoms with van der Waals surface area (Å²) in [5.74, 6) is 1.72. The Morgan fingerprint density at radius 3 is 2.54 bits per heavy atom. The summed E-state index contributed by atoms with van der Waals surface area (Å²) < 4.78 is 4.92. The summed E-state index contributed by atoms with van der Waals surface area (Å²) in [5, 5.41) is 0. The van der Waals surface area contributed by atoms with Crippen molar-refractivity contribution in [3.05, 3.63) is 11.6 Å². The second-order valence-electron chi connectivity index (χ2n) is 2.62. The molecule has 0 atom stereocenters. The van der Waals surface area contributed by atoms with Crippen molar-refractivity contribution in [3.8, 4) is 0 Å². The Morgan fingerprint density at radius 2 is 1.92 bits per heavy atom. The number of hydrogen-bond acceptors (Lipinski definition) is 5. The molecule has 0 aliphatic heterocycles. The predicted molar refractivity (Wildman–Crippen MR) is 49.2 cm³/mol. The number of methoxy groups -OCH3 is 1. The minimum absolute atomic E-state index is 0.290. The van der Waals surface area contributed by atoms with E-state index in [4.69, 9.17) is 10.5 Å². The van der Waals surface area contributed by atoms with Crippen LogP contribution in [-0.4, -0.2) is 28.7 Å². The van der Waals surface area contributed by atoms with Crippen LogP contribution < -0.4 is 5.73 Å². The van der Waals surface area contributed by atoms with Gasteiger partial charge in [0.2, 0.25) is 5.95 Å². The summed E-state index contributed by atoms with van der Waals surface area (Å²) in [6.07, 6.45) is 1.45. The van der Waals surface area contributed by atoms with E-state index in [0.717, 1.165) is 12.2 Å². The highest BCUT2D eigenvalue weighted by Crippen LogP contribution is 1.99. The Labute approximate surface area is 77.4 Å². The van der Waals surface area contributed by atoms with E-state index in [-0.39, 0.29) is 5.95 Å². The van der Waals surface area contributed by atoms with E-state index in [1.54, 1.807) is 7.11 Å². The van der Waals surface area contributed by atoms with Crippen LogP contribution in [0.3, 0.4) is 0 Å². The van der Waals surface area contributed by atoms with Crippen molar-refractivity contribution in [1.29, 1.82) is 0 Å². The monoisotopic (exact) mass is 182 g/mol. The summed E-state index contributed by atoms with van der Waals surface area (Å²) >= 11 is 0. The van der Waals surface area contributed by atoms with Crippen molar-refractivity contribution in [1.82, 2.24) is 15.0 Å². The topological polar surface area (TPSA) is 73.9 Å². The Balaban J connectivity index is 2.76. The molecule has 0 radical (unpaired) electrons. The third-order valence-electron chi connectivity index (χ3n) is 1.59. The molecule has 0 spiro atoms. The lowest BCUT2D eigenvalue weighted by Crippen LogP contribution is -2.08. The molecule has 1 rings (SSSR count). The molecule has 0 aromatic carbocycles. The van der Waals surface area contributed by atoms with Crippen LogP contribution in [0.4, 0.5) is 5.95 Å². The van der Waals surface area contributed by atoms with Gasteiger partial charge in [0.15, 0.2) is 0 Å². The van der Waals surface area contributed by atoms with Crippen molar-refractivity contribution in [2.24, 2.45) is 0 Å². The van der Waals surface area contributed by atoms with Crippen molar-refractivity contribution in [2.75, 3.05) is 19.5 Å². The number of nitrogens with two attached hydrogens (primary N) is 1. The summed E-state index contributed by atoms with van der Waals surface area (Å²) in [5.41, 5.74) is 5.50. The standard InChI is InChI=1S/C8H14N4O/c1-3-6-10-7(4-5-13-2)12-8(9)11-6/h3-5H2,1-2H3,(H2,9,10,11,12). The molecule has 0 aliphatic carbocycles. The third-order valence-corrected chi connectivity index (χ3v) is 1.59. The summed E-state index contributed by atoms with van der Waals surface area (Å²) in [4.78, 5) is 12.2. The van der Waals surface area contributed by atoms with Gasteiger partial charge >= 0.3 is 0 Å². The number of anilines is 1. The SMILES string of the molecule is CCc1nc(N)nc(CCOC)n1. The number of aryl methyl sites for hydroxylation is 1. The molecule has 0 unspecified atom stereocenters. The van der Waals surface area contributed by atoms with Gasteiger partial charge in [0.1, 0.15) is 11.6 Å². The zero-order valence-electron chi connectivity index (χ0n) is 7.95. The second-order valence-corrected chi connectivity index (χ2v) is 2.62. The molecule has 0 saturated carbocycles. The van der Waals surface area contributed by atoms with E-state index in [1.807, 2.05) is 6.92 Å². The largest absolute Gasteiger partial charge is 0.384 e. The fraction of sp³-hybridized carbons (Fsp3) is 0.625. The number of rotatable bonds is 4. The molecule has 0 amide bonds. The molecule has 1 aromatic heterocycles. The van der Waals surface area contributed by atoms with Gasteiger partial charge in [-0.05, 0) is 0 Å². The number of hydrogen-bond donors (Lipinski definition) is 1. The van der Waals surface area contributed by atoms with Gasteiger partial charge in [-0.3, -0.25) is 0 Å². The van der Waals surface area contributed by atoms with Crippen molar-refractivity contribution in [2.45, 2.75) is 19.8 Å². The fourth-order valence-corrected chi connectivity index (χ4v) is 0.952. The van der Waals surface area contributed by atoms with Crippen molar-refractivity contribution >= 4 is 5.95 Å². The molecular weight excluding hydrogens is 168 g/mol. The summed E-state index contributed by atoms with van der Waals surface area (Å²) in [7, 11) is 1.64. The van der Waals surface area contributed by atoms with Crippen LogP contribution >= 0.6 is 0 Å². The van der Waals surface area contributed by atoms with E-state index in [1.165, 1.54) is 0 Å². The molecule has 5 heteroatoms. The van der Waals surface area contributed by atoms with Crippen molar-refractivity contribution in [3.63, 3.8) is 0 Å². The minimum Gasteiger partial charge on any atom is -0.384 e. The Bertz CT molecular complexity index is 277. The molecular formula is C8H14N4O. The van der Waals surface area contributed by atoms with Gasteiger partial charge in [-0.1, -0.05) is 6.92 Å². The van der Waals surface area contributed by atoms with Gasteiger partial charge in [0.05, 0.1) is 6.61 Å². The van der Waals surface area contributed by atoms with Crippen LogP contribution in [0.2, 0.25) is 0 Å². The highest BCUT2D eigenvalue weighted by molar-refractivity contribution is 5.15. The molecule has 0 saturated heterocycles. The van der Waals surface area contributed by atoms with Gasteiger partial charge < -0.3 is 10.5 Å². The smallest absolute Gasteiger partial charge is 0.223 e. The van der Waals surface area contributed by atoms with E-state index < -0.39 is 0 Å². The van der Waals surface area contributed by atoms with Gasteiger partial charge in [-0.2, -0.15) is 9.97 Å².